The molecule has 0 radical (unpaired) electrons. The lowest BCUT2D eigenvalue weighted by atomic mass is 9.78. The standard InChI is InChI=1S/C16H18F3N3O2/c17-16(18,19)11-3-1-2-4-12(11)21-14(24)22-7-5-15(6-8-22)9-13(23)20-10-15/h1-4H,5-10H2,(H,20,23)(H,21,24). The van der Waals surface area contributed by atoms with Crippen LogP contribution in [0.2, 0.25) is 0 Å². The Labute approximate surface area is 137 Å². The summed E-state index contributed by atoms with van der Waals surface area (Å²) >= 11 is 0. The number of nitrogens with zero attached hydrogens (tertiary/aromatic N) is 1. The van der Waals surface area contributed by atoms with Gasteiger partial charge in [0.2, 0.25) is 5.91 Å². The third-order valence-corrected chi connectivity index (χ3v) is 4.78. The second-order valence-corrected chi connectivity index (χ2v) is 6.41. The largest absolute Gasteiger partial charge is 0.418 e. The Morgan fingerprint density at radius 2 is 1.88 bits per heavy atom. The lowest BCUT2D eigenvalue weighted by Gasteiger charge is -2.38. The number of likely N-dealkylation sites (tertiary alicyclic amines) is 1. The summed E-state index contributed by atoms with van der Waals surface area (Å²) in [5, 5.41) is 5.16. The zero-order valence-corrected chi connectivity index (χ0v) is 12.9. The van der Waals surface area contributed by atoms with Gasteiger partial charge >= 0.3 is 12.2 Å². The number of rotatable bonds is 1. The minimum absolute atomic E-state index is 0.0204. The van der Waals surface area contributed by atoms with Crippen molar-refractivity contribution in [1.29, 1.82) is 0 Å². The zero-order valence-electron chi connectivity index (χ0n) is 12.9. The number of para-hydroxylation sites is 1. The number of benzene rings is 1. The smallest absolute Gasteiger partial charge is 0.356 e. The fourth-order valence-electron chi connectivity index (χ4n) is 3.32. The third kappa shape index (κ3) is 3.32. The molecule has 1 aromatic rings. The van der Waals surface area contributed by atoms with Crippen molar-refractivity contribution >= 4 is 17.6 Å². The summed E-state index contributed by atoms with van der Waals surface area (Å²) < 4.78 is 38.9. The quantitative estimate of drug-likeness (QED) is 0.825. The lowest BCUT2D eigenvalue weighted by Crippen LogP contribution is -2.45. The Kier molecular flexibility index (Phi) is 4.15. The number of urea groups is 1. The van der Waals surface area contributed by atoms with Gasteiger partial charge in [0.25, 0.3) is 0 Å². The maximum atomic E-state index is 13.0. The van der Waals surface area contributed by atoms with Crippen molar-refractivity contribution in [2.75, 3.05) is 25.0 Å². The lowest BCUT2D eigenvalue weighted by molar-refractivity contribution is -0.137. The van der Waals surface area contributed by atoms with Crippen LogP contribution in [0.4, 0.5) is 23.7 Å². The molecule has 2 N–H and O–H groups in total. The van der Waals surface area contributed by atoms with E-state index in [0.29, 0.717) is 38.9 Å². The van der Waals surface area contributed by atoms with Crippen LogP contribution < -0.4 is 10.6 Å². The molecule has 5 nitrogen and oxygen atoms in total. The zero-order chi connectivity index (χ0) is 17.4. The van der Waals surface area contributed by atoms with Gasteiger partial charge in [0.15, 0.2) is 0 Å². The predicted octanol–water partition coefficient (Wildman–Crippen LogP) is 2.84. The number of carbonyl (C=O) groups is 2. The Bertz CT molecular complexity index is 652. The van der Waals surface area contributed by atoms with E-state index in [9.17, 15) is 22.8 Å². The number of nitrogens with one attached hydrogen (secondary N) is 2. The van der Waals surface area contributed by atoms with Crippen LogP contribution in [0.1, 0.15) is 24.8 Å². The Balaban J connectivity index is 1.64. The van der Waals surface area contributed by atoms with E-state index in [0.717, 1.165) is 6.07 Å². The van der Waals surface area contributed by atoms with Crippen molar-refractivity contribution in [3.05, 3.63) is 29.8 Å². The molecule has 2 heterocycles. The maximum Gasteiger partial charge on any atom is 0.418 e. The molecular formula is C16H18F3N3O2. The van der Waals surface area contributed by atoms with Gasteiger partial charge in [0.05, 0.1) is 11.3 Å². The van der Waals surface area contributed by atoms with E-state index < -0.39 is 17.8 Å². The number of piperidine rings is 1. The van der Waals surface area contributed by atoms with Gasteiger partial charge in [0.1, 0.15) is 0 Å². The van der Waals surface area contributed by atoms with Crippen molar-refractivity contribution in [3.8, 4) is 0 Å². The molecule has 24 heavy (non-hydrogen) atoms. The van der Waals surface area contributed by atoms with Gasteiger partial charge in [-0.25, -0.2) is 4.79 Å². The molecule has 0 atom stereocenters. The topological polar surface area (TPSA) is 61.4 Å². The Morgan fingerprint density at radius 1 is 1.21 bits per heavy atom. The fraction of sp³-hybridized carbons (Fsp3) is 0.500. The van der Waals surface area contributed by atoms with Crippen molar-refractivity contribution in [2.24, 2.45) is 5.41 Å². The number of carbonyl (C=O) groups excluding carboxylic acids is 2. The fourth-order valence-corrected chi connectivity index (χ4v) is 3.32. The van der Waals surface area contributed by atoms with Crippen molar-refractivity contribution in [3.63, 3.8) is 0 Å². The number of anilines is 1. The molecule has 3 rings (SSSR count). The molecule has 8 heteroatoms. The molecule has 1 spiro atoms. The molecule has 0 saturated carbocycles. The molecule has 2 aliphatic rings. The molecular weight excluding hydrogens is 323 g/mol. The van der Waals surface area contributed by atoms with E-state index in [4.69, 9.17) is 0 Å². The summed E-state index contributed by atoms with van der Waals surface area (Å²) in [5.41, 5.74) is -1.22. The van der Waals surface area contributed by atoms with E-state index in [-0.39, 0.29) is 17.0 Å². The molecule has 0 aromatic heterocycles. The number of halogens is 3. The minimum atomic E-state index is -4.52. The maximum absolute atomic E-state index is 13.0. The average Bonchev–Trinajstić information content (AvgIpc) is 2.88. The summed E-state index contributed by atoms with van der Waals surface area (Å²) in [5.74, 6) is 0.0204. The van der Waals surface area contributed by atoms with Crippen molar-refractivity contribution in [2.45, 2.75) is 25.4 Å². The number of amides is 3. The van der Waals surface area contributed by atoms with Crippen LogP contribution in [0.25, 0.3) is 0 Å². The second kappa shape index (κ2) is 5.99. The summed E-state index contributed by atoms with van der Waals surface area (Å²) in [6.07, 6.45) is -2.73. The highest BCUT2D eigenvalue weighted by Crippen LogP contribution is 2.38. The number of hydrogen-bond acceptors (Lipinski definition) is 2. The van der Waals surface area contributed by atoms with E-state index in [1.807, 2.05) is 0 Å². The van der Waals surface area contributed by atoms with Gasteiger partial charge < -0.3 is 15.5 Å². The van der Waals surface area contributed by atoms with Gasteiger partial charge in [0, 0.05) is 26.1 Å². The van der Waals surface area contributed by atoms with Crippen molar-refractivity contribution < 1.29 is 22.8 Å². The summed E-state index contributed by atoms with van der Waals surface area (Å²) in [7, 11) is 0. The second-order valence-electron chi connectivity index (χ2n) is 6.41. The molecule has 130 valence electrons. The third-order valence-electron chi connectivity index (χ3n) is 4.78. The van der Waals surface area contributed by atoms with Gasteiger partial charge in [-0.1, -0.05) is 12.1 Å². The predicted molar refractivity (Wildman–Crippen MR) is 81.3 cm³/mol. The molecule has 1 aromatic carbocycles. The van der Waals surface area contributed by atoms with Crippen LogP contribution in [0, 0.1) is 5.41 Å². The summed E-state index contributed by atoms with van der Waals surface area (Å²) in [6, 6.07) is 4.38. The first-order valence-electron chi connectivity index (χ1n) is 7.78. The van der Waals surface area contributed by atoms with E-state index in [2.05, 4.69) is 10.6 Å². The first-order chi connectivity index (χ1) is 11.3. The molecule has 0 aliphatic carbocycles. The molecule has 0 unspecified atom stereocenters. The van der Waals surface area contributed by atoms with Gasteiger partial charge in [-0.2, -0.15) is 13.2 Å². The molecule has 2 fully saturated rings. The normalized spacial score (nSPS) is 20.1. The van der Waals surface area contributed by atoms with E-state index in [1.54, 1.807) is 0 Å². The Morgan fingerprint density at radius 3 is 2.46 bits per heavy atom. The number of hydrogen-bond donors (Lipinski definition) is 2. The van der Waals surface area contributed by atoms with Crippen LogP contribution in [-0.2, 0) is 11.0 Å². The van der Waals surface area contributed by atoms with E-state index in [1.165, 1.54) is 23.1 Å². The molecule has 0 bridgehead atoms. The summed E-state index contributed by atoms with van der Waals surface area (Å²) in [6.45, 7) is 1.46. The number of alkyl halides is 3. The minimum Gasteiger partial charge on any atom is -0.356 e. The van der Waals surface area contributed by atoms with Crippen LogP contribution >= 0.6 is 0 Å². The average molecular weight is 341 g/mol. The van der Waals surface area contributed by atoms with Crippen LogP contribution in [0.5, 0.6) is 0 Å². The van der Waals surface area contributed by atoms with Crippen LogP contribution in [-0.4, -0.2) is 36.5 Å². The summed E-state index contributed by atoms with van der Waals surface area (Å²) in [4.78, 5) is 25.2. The first-order valence-corrected chi connectivity index (χ1v) is 7.78. The van der Waals surface area contributed by atoms with Crippen LogP contribution in [0.3, 0.4) is 0 Å². The van der Waals surface area contributed by atoms with Crippen LogP contribution in [0.15, 0.2) is 24.3 Å². The van der Waals surface area contributed by atoms with Gasteiger partial charge in [-0.05, 0) is 30.4 Å². The van der Waals surface area contributed by atoms with Gasteiger partial charge in [-0.3, -0.25) is 4.79 Å². The highest BCUT2D eigenvalue weighted by atomic mass is 19.4. The van der Waals surface area contributed by atoms with E-state index >= 15 is 0 Å². The monoisotopic (exact) mass is 341 g/mol. The molecule has 2 saturated heterocycles. The van der Waals surface area contributed by atoms with Gasteiger partial charge in [-0.15, -0.1) is 0 Å². The SMILES string of the molecule is O=C1CC2(CCN(C(=O)Nc3ccccc3C(F)(F)F)CC2)CN1. The molecule has 3 amide bonds. The molecule has 2 aliphatic heterocycles. The highest BCUT2D eigenvalue weighted by Gasteiger charge is 2.42. The highest BCUT2D eigenvalue weighted by molar-refractivity contribution is 5.90. The Hall–Kier alpha value is -2.25. The first kappa shape index (κ1) is 16.6. The van der Waals surface area contributed by atoms with Crippen molar-refractivity contribution in [1.82, 2.24) is 10.2 Å².